The zero-order valence-corrected chi connectivity index (χ0v) is 32.1. The Labute approximate surface area is 299 Å². The first-order valence-corrected chi connectivity index (χ1v) is 21.1. The minimum atomic E-state index is -1.08. The Kier molecular flexibility index (Phi) is 37.7. The summed E-state index contributed by atoms with van der Waals surface area (Å²) in [5, 5.41) is 33.3. The molecule has 0 bridgehead atoms. The summed E-state index contributed by atoms with van der Waals surface area (Å²) in [6, 6.07) is -0.714. The average molecular weight is 678 g/mol. The largest absolute Gasteiger partial charge is 0.394 e. The third-order valence-electron chi connectivity index (χ3n) is 9.82. The van der Waals surface area contributed by atoms with E-state index in [2.05, 4.69) is 43.5 Å². The Morgan fingerprint density at radius 1 is 0.500 bits per heavy atom. The van der Waals surface area contributed by atoms with Crippen LogP contribution < -0.4 is 5.32 Å². The summed E-state index contributed by atoms with van der Waals surface area (Å²) in [5.74, 6) is -0.478. The highest BCUT2D eigenvalue weighted by molar-refractivity contribution is 5.80. The fraction of sp³-hybridized carbons (Fsp3) is 0.884. The van der Waals surface area contributed by atoms with Crippen LogP contribution in [0.15, 0.2) is 24.3 Å². The molecular weight excluding hydrogens is 594 g/mol. The summed E-state index contributed by atoms with van der Waals surface area (Å²) >= 11 is 0. The van der Waals surface area contributed by atoms with Gasteiger partial charge in [0.1, 0.15) is 6.10 Å². The van der Waals surface area contributed by atoms with Crippen LogP contribution in [0, 0.1) is 0 Å². The topological polar surface area (TPSA) is 89.8 Å². The highest BCUT2D eigenvalue weighted by Gasteiger charge is 2.23. The zero-order chi connectivity index (χ0) is 35.2. The van der Waals surface area contributed by atoms with Crippen molar-refractivity contribution in [1.82, 2.24) is 5.32 Å². The van der Waals surface area contributed by atoms with Gasteiger partial charge in [-0.05, 0) is 44.9 Å². The van der Waals surface area contributed by atoms with Crippen molar-refractivity contribution in [2.24, 2.45) is 0 Å². The van der Waals surface area contributed by atoms with E-state index < -0.39 is 24.2 Å². The molecule has 5 nitrogen and oxygen atoms in total. The highest BCUT2D eigenvalue weighted by atomic mass is 16.3. The van der Waals surface area contributed by atoms with Crippen LogP contribution in [0.1, 0.15) is 219 Å². The molecule has 0 saturated heterocycles. The van der Waals surface area contributed by atoms with E-state index >= 15 is 0 Å². The SMILES string of the molecule is CCCCC/C=C\C/C=C\CCCCCCCCC(O)C(=O)NC(CO)C(O)CCCCCCCCCCCCCCCCCCCC. The molecule has 0 fully saturated rings. The maximum absolute atomic E-state index is 12.5. The van der Waals surface area contributed by atoms with Gasteiger partial charge in [0.15, 0.2) is 0 Å². The van der Waals surface area contributed by atoms with Crippen molar-refractivity contribution >= 4 is 5.91 Å². The molecule has 5 heteroatoms. The van der Waals surface area contributed by atoms with Crippen molar-refractivity contribution in [1.29, 1.82) is 0 Å². The predicted octanol–water partition coefficient (Wildman–Crippen LogP) is 11.8. The number of amides is 1. The van der Waals surface area contributed by atoms with Gasteiger partial charge < -0.3 is 20.6 Å². The van der Waals surface area contributed by atoms with Gasteiger partial charge >= 0.3 is 0 Å². The molecule has 0 aliphatic rings. The summed E-state index contributed by atoms with van der Waals surface area (Å²) in [4.78, 5) is 12.5. The number of unbranched alkanes of at least 4 members (excludes halogenated alkanes) is 26. The summed E-state index contributed by atoms with van der Waals surface area (Å²) < 4.78 is 0. The van der Waals surface area contributed by atoms with Crippen LogP contribution >= 0.6 is 0 Å². The number of carbonyl (C=O) groups is 1. The van der Waals surface area contributed by atoms with Crippen molar-refractivity contribution in [3.8, 4) is 0 Å². The summed E-state index contributed by atoms with van der Waals surface area (Å²) in [6.45, 7) is 4.20. The number of carbonyl (C=O) groups excluding carboxylic acids is 1. The lowest BCUT2D eigenvalue weighted by molar-refractivity contribution is -0.131. The first-order valence-electron chi connectivity index (χ1n) is 21.1. The molecule has 0 aromatic rings. The zero-order valence-electron chi connectivity index (χ0n) is 32.1. The summed E-state index contributed by atoms with van der Waals surface area (Å²) in [5.41, 5.74) is 0. The van der Waals surface area contributed by atoms with Gasteiger partial charge in [0.25, 0.3) is 0 Å². The minimum Gasteiger partial charge on any atom is -0.394 e. The molecule has 0 aromatic carbocycles. The smallest absolute Gasteiger partial charge is 0.249 e. The number of rotatable bonds is 38. The van der Waals surface area contributed by atoms with Gasteiger partial charge in [0.2, 0.25) is 5.91 Å². The molecule has 0 aromatic heterocycles. The van der Waals surface area contributed by atoms with Gasteiger partial charge in [-0.25, -0.2) is 0 Å². The third kappa shape index (κ3) is 33.3. The lowest BCUT2D eigenvalue weighted by Crippen LogP contribution is -2.49. The summed E-state index contributed by atoms with van der Waals surface area (Å²) in [6.07, 6.45) is 45.9. The van der Waals surface area contributed by atoms with Crippen LogP contribution in [-0.2, 0) is 4.79 Å². The molecule has 3 atom stereocenters. The first kappa shape index (κ1) is 46.8. The Bertz CT molecular complexity index is 709. The van der Waals surface area contributed by atoms with Crippen molar-refractivity contribution in [3.63, 3.8) is 0 Å². The third-order valence-corrected chi connectivity index (χ3v) is 9.82. The van der Waals surface area contributed by atoms with E-state index in [4.69, 9.17) is 0 Å². The van der Waals surface area contributed by atoms with E-state index in [0.717, 1.165) is 44.9 Å². The molecular formula is C43H83NO4. The van der Waals surface area contributed by atoms with E-state index in [-0.39, 0.29) is 6.61 Å². The number of hydrogen-bond donors (Lipinski definition) is 4. The fourth-order valence-electron chi connectivity index (χ4n) is 6.46. The Morgan fingerprint density at radius 3 is 1.29 bits per heavy atom. The van der Waals surface area contributed by atoms with Gasteiger partial charge in [-0.3, -0.25) is 4.79 Å². The van der Waals surface area contributed by atoms with E-state index in [1.165, 1.54) is 148 Å². The normalized spacial score (nSPS) is 13.9. The standard InChI is InChI=1S/C43H83NO4/c1-3-5-7-9-11-13-15-17-19-21-22-24-25-27-29-31-33-35-37-41(46)40(39-45)44-43(48)42(47)38-36-34-32-30-28-26-23-20-18-16-14-12-10-8-6-4-2/h12,14,18,20,40-42,45-47H,3-11,13,15-17,19,21-39H2,1-2H3,(H,44,48)/b14-12-,20-18-. The molecule has 0 radical (unpaired) electrons. The maximum Gasteiger partial charge on any atom is 0.249 e. The second kappa shape index (κ2) is 38.6. The second-order valence-electron chi connectivity index (χ2n) is 14.6. The molecule has 48 heavy (non-hydrogen) atoms. The van der Waals surface area contributed by atoms with Gasteiger partial charge in [-0.1, -0.05) is 199 Å². The van der Waals surface area contributed by atoms with Crippen molar-refractivity contribution in [3.05, 3.63) is 24.3 Å². The van der Waals surface area contributed by atoms with E-state index in [1.54, 1.807) is 0 Å². The average Bonchev–Trinajstić information content (AvgIpc) is 3.09. The van der Waals surface area contributed by atoms with Crippen molar-refractivity contribution in [2.75, 3.05) is 6.61 Å². The van der Waals surface area contributed by atoms with Crippen molar-refractivity contribution < 1.29 is 20.1 Å². The number of allylic oxidation sites excluding steroid dienone is 4. The lowest BCUT2D eigenvalue weighted by Gasteiger charge is -2.23. The Hall–Kier alpha value is -1.17. The fourth-order valence-corrected chi connectivity index (χ4v) is 6.46. The van der Waals surface area contributed by atoms with Crippen LogP contribution in [-0.4, -0.2) is 46.1 Å². The molecule has 0 aliphatic heterocycles. The maximum atomic E-state index is 12.5. The quantitative estimate of drug-likeness (QED) is 0.0387. The molecule has 0 heterocycles. The van der Waals surface area contributed by atoms with Crippen LogP contribution in [0.4, 0.5) is 0 Å². The Morgan fingerprint density at radius 2 is 0.854 bits per heavy atom. The van der Waals surface area contributed by atoms with Gasteiger partial charge in [-0.15, -0.1) is 0 Å². The molecule has 0 spiro atoms. The van der Waals surface area contributed by atoms with Crippen molar-refractivity contribution in [2.45, 2.75) is 238 Å². The molecule has 0 rings (SSSR count). The number of nitrogens with one attached hydrogen (secondary N) is 1. The highest BCUT2D eigenvalue weighted by Crippen LogP contribution is 2.16. The lowest BCUT2D eigenvalue weighted by atomic mass is 10.0. The van der Waals surface area contributed by atoms with Crippen LogP contribution in [0.25, 0.3) is 0 Å². The monoisotopic (exact) mass is 678 g/mol. The molecule has 0 saturated carbocycles. The van der Waals surface area contributed by atoms with E-state index in [9.17, 15) is 20.1 Å². The van der Waals surface area contributed by atoms with Crippen LogP contribution in [0.5, 0.6) is 0 Å². The first-order chi connectivity index (χ1) is 23.6. The molecule has 3 unspecified atom stereocenters. The van der Waals surface area contributed by atoms with Crippen LogP contribution in [0.2, 0.25) is 0 Å². The number of hydrogen-bond acceptors (Lipinski definition) is 4. The van der Waals surface area contributed by atoms with Gasteiger partial charge in [-0.2, -0.15) is 0 Å². The molecule has 284 valence electrons. The van der Waals surface area contributed by atoms with E-state index in [0.29, 0.717) is 12.8 Å². The van der Waals surface area contributed by atoms with Gasteiger partial charge in [0.05, 0.1) is 18.8 Å². The van der Waals surface area contributed by atoms with E-state index in [1.807, 2.05) is 0 Å². The second-order valence-corrected chi connectivity index (χ2v) is 14.6. The van der Waals surface area contributed by atoms with Crippen LogP contribution in [0.3, 0.4) is 0 Å². The predicted molar refractivity (Wildman–Crippen MR) is 208 cm³/mol. The van der Waals surface area contributed by atoms with Gasteiger partial charge in [0, 0.05) is 0 Å². The minimum absolute atomic E-state index is 0.316. The Balaban J connectivity index is 3.65. The number of aliphatic hydroxyl groups is 3. The molecule has 0 aliphatic carbocycles. The molecule has 4 N–H and O–H groups in total. The molecule has 1 amide bonds. The number of aliphatic hydroxyl groups excluding tert-OH is 3. The summed E-state index contributed by atoms with van der Waals surface area (Å²) in [7, 11) is 0.